The van der Waals surface area contributed by atoms with E-state index in [0.29, 0.717) is 0 Å². The minimum atomic E-state index is 0.820. The first-order chi connectivity index (χ1) is 12.7. The molecule has 2 aliphatic rings. The predicted octanol–water partition coefficient (Wildman–Crippen LogP) is 7.85. The third-order valence-corrected chi connectivity index (χ3v) is 6.93. The first kappa shape index (κ1) is 19.5. The zero-order valence-corrected chi connectivity index (χ0v) is 17.2. The maximum atomic E-state index is 2.46. The topological polar surface area (TPSA) is 0 Å². The van der Waals surface area contributed by atoms with Gasteiger partial charge in [-0.2, -0.15) is 0 Å². The summed E-state index contributed by atoms with van der Waals surface area (Å²) in [7, 11) is 0. The van der Waals surface area contributed by atoms with Crippen molar-refractivity contribution in [2.45, 2.75) is 84.5 Å². The van der Waals surface area contributed by atoms with E-state index in [2.05, 4.69) is 63.3 Å². The third kappa shape index (κ3) is 5.35. The molecule has 0 radical (unpaired) electrons. The molecule has 2 aliphatic carbocycles. The molecule has 0 unspecified atom stereocenters. The van der Waals surface area contributed by atoms with Gasteiger partial charge in [0.2, 0.25) is 0 Å². The standard InChI is InChI=1S/C26H38/c1-4-21-8-12-23(13-9-21)25-16-18-26(19-17-25)24-14-10-22(11-15-24)7-5-6-20(2)3/h5-9,12-13,22,24-26H,4,10-11,14-19H2,1-3H3. The molecule has 0 spiro atoms. The van der Waals surface area contributed by atoms with E-state index in [1.807, 2.05) is 0 Å². The molecule has 0 saturated heterocycles. The number of hydrogen-bond donors (Lipinski definition) is 0. The summed E-state index contributed by atoms with van der Waals surface area (Å²) in [5, 5.41) is 0. The Morgan fingerprint density at radius 1 is 0.846 bits per heavy atom. The van der Waals surface area contributed by atoms with Crippen LogP contribution in [0.4, 0.5) is 0 Å². The van der Waals surface area contributed by atoms with E-state index in [1.165, 1.54) is 62.5 Å². The molecule has 2 fully saturated rings. The lowest BCUT2D eigenvalue weighted by Gasteiger charge is -2.37. The Bertz CT molecular complexity index is 583. The average Bonchev–Trinajstić information content (AvgIpc) is 2.68. The second-order valence-electron chi connectivity index (χ2n) is 9.01. The molecule has 142 valence electrons. The summed E-state index contributed by atoms with van der Waals surface area (Å²) in [4.78, 5) is 0. The van der Waals surface area contributed by atoms with Crippen LogP contribution in [0.5, 0.6) is 0 Å². The summed E-state index contributed by atoms with van der Waals surface area (Å²) in [5.74, 6) is 3.66. The van der Waals surface area contributed by atoms with Crippen LogP contribution in [0.1, 0.15) is 89.2 Å². The number of allylic oxidation sites excluding steroid dienone is 4. The fourth-order valence-corrected chi connectivity index (χ4v) is 5.16. The Hall–Kier alpha value is -1.30. The van der Waals surface area contributed by atoms with Crippen molar-refractivity contribution < 1.29 is 0 Å². The second kappa shape index (κ2) is 9.58. The third-order valence-electron chi connectivity index (χ3n) is 6.93. The van der Waals surface area contributed by atoms with Crippen LogP contribution >= 0.6 is 0 Å². The highest BCUT2D eigenvalue weighted by molar-refractivity contribution is 5.25. The van der Waals surface area contributed by atoms with E-state index < -0.39 is 0 Å². The summed E-state index contributed by atoms with van der Waals surface area (Å²) in [5.41, 5.74) is 4.46. The van der Waals surface area contributed by atoms with E-state index in [9.17, 15) is 0 Å². The molecular weight excluding hydrogens is 312 g/mol. The maximum Gasteiger partial charge on any atom is -0.0162 e. The van der Waals surface area contributed by atoms with Crippen molar-refractivity contribution in [1.82, 2.24) is 0 Å². The van der Waals surface area contributed by atoms with Gasteiger partial charge in [0, 0.05) is 0 Å². The van der Waals surface area contributed by atoms with Crippen LogP contribution < -0.4 is 0 Å². The molecule has 1 aromatic rings. The van der Waals surface area contributed by atoms with Crippen molar-refractivity contribution in [2.24, 2.45) is 17.8 Å². The first-order valence-corrected chi connectivity index (χ1v) is 11.1. The fourth-order valence-electron chi connectivity index (χ4n) is 5.16. The van der Waals surface area contributed by atoms with E-state index in [-0.39, 0.29) is 0 Å². The lowest BCUT2D eigenvalue weighted by Crippen LogP contribution is -2.25. The van der Waals surface area contributed by atoms with Crippen molar-refractivity contribution in [3.8, 4) is 0 Å². The highest BCUT2D eigenvalue weighted by Crippen LogP contribution is 2.44. The minimum absolute atomic E-state index is 0.820. The van der Waals surface area contributed by atoms with Crippen LogP contribution in [-0.2, 0) is 6.42 Å². The number of benzene rings is 1. The molecule has 0 aliphatic heterocycles. The van der Waals surface area contributed by atoms with Crippen molar-refractivity contribution >= 4 is 0 Å². The molecule has 0 aromatic heterocycles. The van der Waals surface area contributed by atoms with Crippen molar-refractivity contribution in [1.29, 1.82) is 0 Å². The quantitative estimate of drug-likeness (QED) is 0.474. The Kier molecular flexibility index (Phi) is 7.17. The number of aryl methyl sites for hydroxylation is 1. The van der Waals surface area contributed by atoms with Crippen LogP contribution in [0.2, 0.25) is 0 Å². The van der Waals surface area contributed by atoms with Crippen LogP contribution in [0.25, 0.3) is 0 Å². The van der Waals surface area contributed by atoms with Gasteiger partial charge < -0.3 is 0 Å². The summed E-state index contributed by atoms with van der Waals surface area (Å²) in [6.07, 6.45) is 19.6. The molecule has 3 rings (SSSR count). The molecule has 0 heterocycles. The molecule has 2 saturated carbocycles. The molecule has 1 aromatic carbocycles. The van der Waals surface area contributed by atoms with Gasteiger partial charge in [-0.25, -0.2) is 0 Å². The molecular formula is C26H38. The van der Waals surface area contributed by atoms with Crippen LogP contribution in [-0.4, -0.2) is 0 Å². The number of hydrogen-bond acceptors (Lipinski definition) is 0. The molecule has 0 bridgehead atoms. The van der Waals surface area contributed by atoms with E-state index >= 15 is 0 Å². The van der Waals surface area contributed by atoms with Crippen LogP contribution in [0.15, 0.2) is 48.1 Å². The fraction of sp³-hybridized carbons (Fsp3) is 0.615. The van der Waals surface area contributed by atoms with Crippen LogP contribution in [0, 0.1) is 17.8 Å². The normalized spacial score (nSPS) is 29.7. The first-order valence-electron chi connectivity index (χ1n) is 11.1. The highest BCUT2D eigenvalue weighted by Gasteiger charge is 2.30. The molecule has 0 N–H and O–H groups in total. The maximum absolute atomic E-state index is 2.46. The van der Waals surface area contributed by atoms with Gasteiger partial charge in [-0.1, -0.05) is 55.0 Å². The number of rotatable bonds is 5. The van der Waals surface area contributed by atoms with Gasteiger partial charge in [0.25, 0.3) is 0 Å². The van der Waals surface area contributed by atoms with Crippen molar-refractivity contribution in [3.05, 3.63) is 59.2 Å². The van der Waals surface area contributed by atoms with Crippen LogP contribution in [0.3, 0.4) is 0 Å². The lowest BCUT2D eigenvalue weighted by molar-refractivity contribution is 0.171. The van der Waals surface area contributed by atoms with Gasteiger partial charge in [-0.15, -0.1) is 0 Å². The summed E-state index contributed by atoms with van der Waals surface area (Å²) in [6, 6.07) is 9.47. The predicted molar refractivity (Wildman–Crippen MR) is 115 cm³/mol. The zero-order valence-electron chi connectivity index (χ0n) is 17.2. The molecule has 26 heavy (non-hydrogen) atoms. The molecule has 0 nitrogen and oxygen atoms in total. The van der Waals surface area contributed by atoms with E-state index in [4.69, 9.17) is 0 Å². The van der Waals surface area contributed by atoms with Gasteiger partial charge in [0.1, 0.15) is 0 Å². The Labute approximate surface area is 161 Å². The van der Waals surface area contributed by atoms with Gasteiger partial charge in [-0.05, 0) is 106 Å². The van der Waals surface area contributed by atoms with E-state index in [1.54, 1.807) is 5.56 Å². The van der Waals surface area contributed by atoms with Gasteiger partial charge in [0.05, 0.1) is 0 Å². The average molecular weight is 351 g/mol. The van der Waals surface area contributed by atoms with E-state index in [0.717, 1.165) is 30.1 Å². The zero-order chi connectivity index (χ0) is 18.4. The smallest absolute Gasteiger partial charge is 0.0162 e. The SMILES string of the molecule is CCc1ccc(C2CCC(C3CCC(C=CC=C(C)C)CC3)CC2)cc1. The summed E-state index contributed by atoms with van der Waals surface area (Å²) in [6.45, 7) is 6.60. The summed E-state index contributed by atoms with van der Waals surface area (Å²) < 4.78 is 0. The highest BCUT2D eigenvalue weighted by atomic mass is 14.4. The molecule has 0 amide bonds. The molecule has 0 atom stereocenters. The van der Waals surface area contributed by atoms with Gasteiger partial charge in [0.15, 0.2) is 0 Å². The lowest BCUT2D eigenvalue weighted by atomic mass is 9.68. The summed E-state index contributed by atoms with van der Waals surface area (Å²) >= 11 is 0. The van der Waals surface area contributed by atoms with Crippen molar-refractivity contribution in [2.75, 3.05) is 0 Å². The second-order valence-corrected chi connectivity index (χ2v) is 9.01. The van der Waals surface area contributed by atoms with Gasteiger partial charge >= 0.3 is 0 Å². The largest absolute Gasteiger partial charge is 0.0814 e. The Balaban J connectivity index is 1.44. The van der Waals surface area contributed by atoms with Gasteiger partial charge in [-0.3, -0.25) is 0 Å². The Morgan fingerprint density at radius 2 is 1.42 bits per heavy atom. The minimum Gasteiger partial charge on any atom is -0.0814 e. The molecule has 0 heteroatoms. The monoisotopic (exact) mass is 350 g/mol. The van der Waals surface area contributed by atoms with Crippen molar-refractivity contribution in [3.63, 3.8) is 0 Å². The Morgan fingerprint density at radius 3 is 1.96 bits per heavy atom.